The van der Waals surface area contributed by atoms with Gasteiger partial charge in [-0.1, -0.05) is 91.0 Å². The number of amides is 2. The van der Waals surface area contributed by atoms with Crippen LogP contribution in [0, 0.1) is 5.92 Å². The van der Waals surface area contributed by atoms with Crippen LogP contribution in [-0.4, -0.2) is 29.8 Å². The summed E-state index contributed by atoms with van der Waals surface area (Å²) in [6.45, 7) is 1.54. The van der Waals surface area contributed by atoms with E-state index in [1.807, 2.05) is 66.7 Å². The lowest BCUT2D eigenvalue weighted by molar-refractivity contribution is -0.129. The number of nitrogens with one attached hydrogen (secondary N) is 1. The van der Waals surface area contributed by atoms with Crippen LogP contribution in [0.5, 0.6) is 0 Å². The first kappa shape index (κ1) is 19.9. The van der Waals surface area contributed by atoms with E-state index in [2.05, 4.69) is 29.6 Å². The zero-order valence-electron chi connectivity index (χ0n) is 16.9. The molecule has 0 radical (unpaired) electrons. The summed E-state index contributed by atoms with van der Waals surface area (Å²) in [6.07, 6.45) is 0.278. The molecule has 3 aromatic carbocycles. The summed E-state index contributed by atoms with van der Waals surface area (Å²) in [4.78, 5) is 27.1. The van der Waals surface area contributed by atoms with Crippen molar-refractivity contribution in [1.82, 2.24) is 10.2 Å². The molecule has 1 saturated heterocycles. The van der Waals surface area contributed by atoms with Crippen LogP contribution in [-0.2, 0) is 16.1 Å². The molecule has 0 saturated carbocycles. The molecule has 3 aromatic rings. The van der Waals surface area contributed by atoms with Gasteiger partial charge >= 0.3 is 0 Å². The number of benzene rings is 3. The molecule has 152 valence electrons. The Labute approximate surface area is 177 Å². The van der Waals surface area contributed by atoms with Crippen LogP contribution < -0.4 is 5.32 Å². The van der Waals surface area contributed by atoms with Gasteiger partial charge in [0.05, 0.1) is 5.92 Å². The van der Waals surface area contributed by atoms with Gasteiger partial charge in [-0.2, -0.15) is 0 Å². The van der Waals surface area contributed by atoms with Crippen molar-refractivity contribution in [3.8, 4) is 0 Å². The highest BCUT2D eigenvalue weighted by Crippen LogP contribution is 2.25. The average molecular weight is 399 g/mol. The number of nitrogens with zero attached hydrogens (tertiary/aromatic N) is 1. The molecule has 1 N–H and O–H groups in total. The fourth-order valence-corrected chi connectivity index (χ4v) is 4.05. The van der Waals surface area contributed by atoms with E-state index in [-0.39, 0.29) is 30.1 Å². The standard InChI is InChI=1S/C26H26N2O2/c29-25-16-23(19-28(25)18-20-10-4-1-5-11-20)26(30)27-17-24(21-12-6-2-7-13-21)22-14-8-3-9-15-22/h1-15,23-24H,16-19H2,(H,27,30)/t23-/m1/s1. The van der Waals surface area contributed by atoms with E-state index in [4.69, 9.17) is 0 Å². The molecule has 1 fully saturated rings. The maximum absolute atomic E-state index is 12.9. The molecule has 1 atom stereocenters. The first-order valence-corrected chi connectivity index (χ1v) is 10.4. The second-order valence-corrected chi connectivity index (χ2v) is 7.78. The Balaban J connectivity index is 1.40. The van der Waals surface area contributed by atoms with Gasteiger partial charge in [-0.15, -0.1) is 0 Å². The zero-order chi connectivity index (χ0) is 20.8. The molecule has 4 heteroatoms. The fraction of sp³-hybridized carbons (Fsp3) is 0.231. The number of hydrogen-bond acceptors (Lipinski definition) is 2. The Morgan fingerprint density at radius 3 is 1.97 bits per heavy atom. The third kappa shape index (κ3) is 4.77. The normalized spacial score (nSPS) is 16.1. The highest BCUT2D eigenvalue weighted by Gasteiger charge is 2.34. The molecule has 1 aliphatic heterocycles. The third-order valence-electron chi connectivity index (χ3n) is 5.69. The minimum atomic E-state index is -0.298. The lowest BCUT2D eigenvalue weighted by Gasteiger charge is -2.20. The van der Waals surface area contributed by atoms with E-state index in [1.165, 1.54) is 0 Å². The predicted molar refractivity (Wildman–Crippen MR) is 118 cm³/mol. The van der Waals surface area contributed by atoms with Gasteiger partial charge in [-0.05, 0) is 16.7 Å². The second-order valence-electron chi connectivity index (χ2n) is 7.78. The Morgan fingerprint density at radius 1 is 0.867 bits per heavy atom. The topological polar surface area (TPSA) is 49.4 Å². The molecular weight excluding hydrogens is 372 g/mol. The van der Waals surface area contributed by atoms with Gasteiger partial charge in [0.25, 0.3) is 0 Å². The van der Waals surface area contributed by atoms with Gasteiger partial charge in [0.1, 0.15) is 0 Å². The van der Waals surface area contributed by atoms with Crippen LogP contribution in [0.15, 0.2) is 91.0 Å². The molecule has 0 bridgehead atoms. The summed E-state index contributed by atoms with van der Waals surface area (Å²) in [6, 6.07) is 30.3. The van der Waals surface area contributed by atoms with Crippen LogP contribution in [0.2, 0.25) is 0 Å². The van der Waals surface area contributed by atoms with Crippen molar-refractivity contribution in [3.05, 3.63) is 108 Å². The van der Waals surface area contributed by atoms with E-state index < -0.39 is 0 Å². The van der Waals surface area contributed by atoms with Crippen molar-refractivity contribution >= 4 is 11.8 Å². The highest BCUT2D eigenvalue weighted by molar-refractivity contribution is 5.89. The predicted octanol–water partition coefficient (Wildman–Crippen LogP) is 3.98. The summed E-state index contributed by atoms with van der Waals surface area (Å²) in [5.74, 6) is -0.222. The SMILES string of the molecule is O=C(NCC(c1ccccc1)c1ccccc1)[C@@H]1CC(=O)N(Cc2ccccc2)C1. The smallest absolute Gasteiger partial charge is 0.225 e. The van der Waals surface area contributed by atoms with Crippen molar-refractivity contribution in [2.45, 2.75) is 18.9 Å². The summed E-state index contributed by atoms with van der Waals surface area (Å²) < 4.78 is 0. The third-order valence-corrected chi connectivity index (χ3v) is 5.69. The van der Waals surface area contributed by atoms with Crippen LogP contribution >= 0.6 is 0 Å². The van der Waals surface area contributed by atoms with Gasteiger partial charge < -0.3 is 10.2 Å². The van der Waals surface area contributed by atoms with Crippen molar-refractivity contribution < 1.29 is 9.59 Å². The van der Waals surface area contributed by atoms with Crippen molar-refractivity contribution in [2.24, 2.45) is 5.92 Å². The zero-order valence-corrected chi connectivity index (χ0v) is 16.9. The van der Waals surface area contributed by atoms with Gasteiger partial charge in [0.2, 0.25) is 11.8 Å². The lowest BCUT2D eigenvalue weighted by atomic mass is 9.91. The summed E-state index contributed by atoms with van der Waals surface area (Å²) >= 11 is 0. The fourth-order valence-electron chi connectivity index (χ4n) is 4.05. The van der Waals surface area contributed by atoms with E-state index in [1.54, 1.807) is 4.90 Å². The molecule has 1 heterocycles. The summed E-state index contributed by atoms with van der Waals surface area (Å²) in [5.41, 5.74) is 3.41. The van der Waals surface area contributed by atoms with Gasteiger partial charge in [-0.3, -0.25) is 9.59 Å². The molecule has 0 unspecified atom stereocenters. The number of likely N-dealkylation sites (tertiary alicyclic amines) is 1. The van der Waals surface area contributed by atoms with Crippen LogP contribution in [0.4, 0.5) is 0 Å². The molecule has 4 rings (SSSR count). The maximum atomic E-state index is 12.9. The van der Waals surface area contributed by atoms with E-state index in [9.17, 15) is 9.59 Å². The quantitative estimate of drug-likeness (QED) is 0.654. The maximum Gasteiger partial charge on any atom is 0.225 e. The lowest BCUT2D eigenvalue weighted by Crippen LogP contribution is -2.35. The Kier molecular flexibility index (Phi) is 6.23. The molecular formula is C26H26N2O2. The Morgan fingerprint density at radius 2 is 1.40 bits per heavy atom. The molecule has 30 heavy (non-hydrogen) atoms. The number of carbonyl (C=O) groups excluding carboxylic acids is 2. The molecule has 0 spiro atoms. The minimum Gasteiger partial charge on any atom is -0.355 e. The first-order valence-electron chi connectivity index (χ1n) is 10.4. The largest absolute Gasteiger partial charge is 0.355 e. The number of carbonyl (C=O) groups is 2. The van der Waals surface area contributed by atoms with Gasteiger partial charge in [0, 0.05) is 32.0 Å². The second kappa shape index (κ2) is 9.40. The molecule has 0 aromatic heterocycles. The monoisotopic (exact) mass is 398 g/mol. The van der Waals surface area contributed by atoms with Crippen LogP contribution in [0.3, 0.4) is 0 Å². The van der Waals surface area contributed by atoms with Crippen LogP contribution in [0.25, 0.3) is 0 Å². The van der Waals surface area contributed by atoms with Crippen molar-refractivity contribution in [1.29, 1.82) is 0 Å². The summed E-state index contributed by atoms with van der Waals surface area (Å²) in [5, 5.41) is 3.11. The molecule has 2 amide bonds. The van der Waals surface area contributed by atoms with E-state index in [0.717, 1.165) is 16.7 Å². The average Bonchev–Trinajstić information content (AvgIpc) is 3.16. The van der Waals surface area contributed by atoms with Gasteiger partial charge in [-0.25, -0.2) is 0 Å². The Bertz CT molecular complexity index is 934. The number of hydrogen-bond donors (Lipinski definition) is 1. The van der Waals surface area contributed by atoms with Crippen LogP contribution in [0.1, 0.15) is 29.0 Å². The molecule has 0 aliphatic carbocycles. The van der Waals surface area contributed by atoms with Crippen molar-refractivity contribution in [2.75, 3.05) is 13.1 Å². The number of rotatable bonds is 7. The van der Waals surface area contributed by atoms with Crippen molar-refractivity contribution in [3.63, 3.8) is 0 Å². The van der Waals surface area contributed by atoms with E-state index in [0.29, 0.717) is 19.6 Å². The Hall–Kier alpha value is -3.40. The van der Waals surface area contributed by atoms with E-state index >= 15 is 0 Å². The highest BCUT2D eigenvalue weighted by atomic mass is 16.2. The van der Waals surface area contributed by atoms with Gasteiger partial charge in [0.15, 0.2) is 0 Å². The summed E-state index contributed by atoms with van der Waals surface area (Å²) in [7, 11) is 0. The minimum absolute atomic E-state index is 0.0432. The first-order chi connectivity index (χ1) is 14.7. The molecule has 4 nitrogen and oxygen atoms in total. The molecule has 1 aliphatic rings.